The summed E-state index contributed by atoms with van der Waals surface area (Å²) < 4.78 is 0. The van der Waals surface area contributed by atoms with Crippen molar-refractivity contribution in [3.05, 3.63) is 71.3 Å². The Bertz CT molecular complexity index is 823. The summed E-state index contributed by atoms with van der Waals surface area (Å²) in [7, 11) is 0. The first-order valence-corrected chi connectivity index (χ1v) is 8.46. The van der Waals surface area contributed by atoms with Crippen LogP contribution in [0.4, 0.5) is 0 Å². The number of amides is 1. The third kappa shape index (κ3) is 4.21. The van der Waals surface area contributed by atoms with E-state index >= 15 is 0 Å². The van der Waals surface area contributed by atoms with Gasteiger partial charge in [-0.25, -0.2) is 0 Å². The predicted molar refractivity (Wildman–Crippen MR) is 98.7 cm³/mol. The minimum absolute atomic E-state index is 0.0288. The average molecular weight is 334 g/mol. The normalized spacial score (nSPS) is 15.0. The smallest absolute Gasteiger partial charge is 0.288 e. The second-order valence-electron chi connectivity index (χ2n) is 6.97. The number of nitrogens with zero attached hydrogens (tertiary/aromatic N) is 1. The summed E-state index contributed by atoms with van der Waals surface area (Å²) >= 11 is 0. The van der Waals surface area contributed by atoms with E-state index in [2.05, 4.69) is 11.4 Å². The van der Waals surface area contributed by atoms with Gasteiger partial charge in [0.2, 0.25) is 5.78 Å². The van der Waals surface area contributed by atoms with Crippen LogP contribution >= 0.6 is 0 Å². The summed E-state index contributed by atoms with van der Waals surface area (Å²) in [4.78, 5) is 29.2. The van der Waals surface area contributed by atoms with E-state index in [0.29, 0.717) is 12.3 Å². The van der Waals surface area contributed by atoms with Crippen LogP contribution in [0.2, 0.25) is 0 Å². The zero-order chi connectivity index (χ0) is 17.9. The van der Waals surface area contributed by atoms with E-state index in [4.69, 9.17) is 4.99 Å². The van der Waals surface area contributed by atoms with Gasteiger partial charge in [-0.15, -0.1) is 0 Å². The molecule has 1 amide bonds. The molecule has 0 aliphatic carbocycles. The molecule has 0 spiro atoms. The highest BCUT2D eigenvalue weighted by Crippen LogP contribution is 2.27. The van der Waals surface area contributed by atoms with Crippen molar-refractivity contribution in [2.45, 2.75) is 38.8 Å². The molecule has 2 aromatic rings. The lowest BCUT2D eigenvalue weighted by atomic mass is 9.85. The Morgan fingerprint density at radius 2 is 1.72 bits per heavy atom. The molecule has 4 heteroatoms. The van der Waals surface area contributed by atoms with Crippen molar-refractivity contribution >= 4 is 17.4 Å². The Morgan fingerprint density at radius 3 is 2.48 bits per heavy atom. The fourth-order valence-corrected chi connectivity index (χ4v) is 3.13. The Balaban J connectivity index is 1.69. The van der Waals surface area contributed by atoms with Gasteiger partial charge in [-0.1, -0.05) is 54.6 Å². The van der Waals surface area contributed by atoms with Crippen LogP contribution in [0.5, 0.6) is 0 Å². The summed E-state index contributed by atoms with van der Waals surface area (Å²) in [5.41, 5.74) is 3.56. The van der Waals surface area contributed by atoms with E-state index in [0.717, 1.165) is 17.5 Å². The maximum absolute atomic E-state index is 12.4. The van der Waals surface area contributed by atoms with E-state index in [1.165, 1.54) is 5.56 Å². The largest absolute Gasteiger partial charge is 0.345 e. The molecule has 0 saturated heterocycles. The molecule has 0 bridgehead atoms. The number of carbonyl (C=O) groups excluding carboxylic acids is 2. The molecule has 1 heterocycles. The number of aliphatic imine (C=N–C) groups is 1. The summed E-state index contributed by atoms with van der Waals surface area (Å²) in [6.45, 7) is 4.44. The molecule has 4 nitrogen and oxygen atoms in total. The van der Waals surface area contributed by atoms with E-state index in [1.54, 1.807) is 0 Å². The Hall–Kier alpha value is -2.75. The van der Waals surface area contributed by atoms with Crippen LogP contribution in [0.15, 0.2) is 59.6 Å². The van der Waals surface area contributed by atoms with Crippen LogP contribution in [0.25, 0.3) is 0 Å². The molecular formula is C21H22N2O2. The van der Waals surface area contributed by atoms with Crippen LogP contribution in [0.3, 0.4) is 0 Å². The molecule has 3 rings (SSSR count). The third-order valence-electron chi connectivity index (χ3n) is 4.27. The Kier molecular flexibility index (Phi) is 4.79. The second kappa shape index (κ2) is 7.01. The number of carbonyl (C=O) groups is 2. The molecule has 0 aromatic heterocycles. The van der Waals surface area contributed by atoms with Crippen molar-refractivity contribution in [3.63, 3.8) is 0 Å². The summed E-state index contributed by atoms with van der Waals surface area (Å²) in [5, 5.41) is 2.69. The molecule has 0 fully saturated rings. The first-order chi connectivity index (χ1) is 11.9. The lowest BCUT2D eigenvalue weighted by Crippen LogP contribution is -2.34. The average Bonchev–Trinajstić information content (AvgIpc) is 2.59. The molecule has 2 aromatic carbocycles. The molecular weight excluding hydrogens is 312 g/mol. The maximum Gasteiger partial charge on any atom is 0.288 e. The van der Waals surface area contributed by atoms with Gasteiger partial charge in [-0.05, 0) is 37.0 Å². The van der Waals surface area contributed by atoms with Gasteiger partial charge in [0.05, 0.1) is 17.7 Å². The molecule has 1 aliphatic heterocycles. The molecule has 25 heavy (non-hydrogen) atoms. The fraction of sp³-hybridized carbons (Fsp3) is 0.286. The Morgan fingerprint density at radius 1 is 1.04 bits per heavy atom. The highest BCUT2D eigenvalue weighted by atomic mass is 16.2. The van der Waals surface area contributed by atoms with Crippen LogP contribution in [-0.4, -0.2) is 22.9 Å². The standard InChI is InChI=1S/C21H22N2O2/c1-21(2)13-16-10-6-7-11-17(16)18(23-21)12-19(24)20(25)22-14-15-8-4-3-5-9-15/h3-11H,12-14H2,1-2H3,(H,22,25). The minimum atomic E-state index is -0.563. The highest BCUT2D eigenvalue weighted by molar-refractivity contribution is 6.40. The van der Waals surface area contributed by atoms with Gasteiger partial charge in [0.25, 0.3) is 5.91 Å². The van der Waals surface area contributed by atoms with Crippen molar-refractivity contribution < 1.29 is 9.59 Å². The van der Waals surface area contributed by atoms with Gasteiger partial charge in [-0.3, -0.25) is 14.6 Å². The van der Waals surface area contributed by atoms with Crippen LogP contribution < -0.4 is 5.32 Å². The maximum atomic E-state index is 12.4. The second-order valence-corrected chi connectivity index (χ2v) is 6.97. The molecule has 0 unspecified atom stereocenters. The quantitative estimate of drug-likeness (QED) is 0.854. The highest BCUT2D eigenvalue weighted by Gasteiger charge is 2.28. The minimum Gasteiger partial charge on any atom is -0.345 e. The van der Waals surface area contributed by atoms with E-state index < -0.39 is 11.7 Å². The number of hydrogen-bond acceptors (Lipinski definition) is 3. The molecule has 0 radical (unpaired) electrons. The van der Waals surface area contributed by atoms with Gasteiger partial charge >= 0.3 is 0 Å². The number of benzene rings is 2. The number of fused-ring (bicyclic) bond motifs is 1. The van der Waals surface area contributed by atoms with Crippen LogP contribution in [-0.2, 0) is 22.6 Å². The number of Topliss-reactive ketones (excluding diaryl/α,β-unsaturated/α-hetero) is 1. The zero-order valence-electron chi connectivity index (χ0n) is 14.6. The molecule has 128 valence electrons. The van der Waals surface area contributed by atoms with Gasteiger partial charge in [0, 0.05) is 6.54 Å². The predicted octanol–water partition coefficient (Wildman–Crippen LogP) is 3.09. The van der Waals surface area contributed by atoms with E-state index in [9.17, 15) is 9.59 Å². The van der Waals surface area contributed by atoms with Crippen molar-refractivity contribution in [1.29, 1.82) is 0 Å². The van der Waals surface area contributed by atoms with Gasteiger partial charge in [0.1, 0.15) is 0 Å². The lowest BCUT2D eigenvalue weighted by molar-refractivity contribution is -0.137. The van der Waals surface area contributed by atoms with Crippen LogP contribution in [0, 0.1) is 0 Å². The first-order valence-electron chi connectivity index (χ1n) is 8.46. The van der Waals surface area contributed by atoms with Crippen molar-refractivity contribution in [2.75, 3.05) is 0 Å². The molecule has 0 atom stereocenters. The van der Waals surface area contributed by atoms with Gasteiger partial charge < -0.3 is 5.32 Å². The SMILES string of the molecule is CC1(C)Cc2ccccc2C(CC(=O)C(=O)NCc2ccccc2)=N1. The number of rotatable bonds is 5. The van der Waals surface area contributed by atoms with Gasteiger partial charge in [-0.2, -0.15) is 0 Å². The Labute approximate surface area is 148 Å². The zero-order valence-corrected chi connectivity index (χ0v) is 14.6. The van der Waals surface area contributed by atoms with Crippen molar-refractivity contribution in [3.8, 4) is 0 Å². The lowest BCUT2D eigenvalue weighted by Gasteiger charge is -2.28. The van der Waals surface area contributed by atoms with Crippen molar-refractivity contribution in [1.82, 2.24) is 5.32 Å². The first kappa shape index (κ1) is 17.1. The fourth-order valence-electron chi connectivity index (χ4n) is 3.13. The third-order valence-corrected chi connectivity index (χ3v) is 4.27. The summed E-state index contributed by atoms with van der Waals surface area (Å²) in [5.74, 6) is -1.02. The number of hydrogen-bond donors (Lipinski definition) is 1. The van der Waals surface area contributed by atoms with E-state index in [-0.39, 0.29) is 12.0 Å². The van der Waals surface area contributed by atoms with Crippen molar-refractivity contribution in [2.24, 2.45) is 4.99 Å². The summed E-state index contributed by atoms with van der Waals surface area (Å²) in [6, 6.07) is 17.5. The molecule has 1 aliphatic rings. The number of nitrogens with one attached hydrogen (secondary N) is 1. The van der Waals surface area contributed by atoms with Crippen LogP contribution in [0.1, 0.15) is 37.0 Å². The van der Waals surface area contributed by atoms with Gasteiger partial charge in [0.15, 0.2) is 0 Å². The molecule has 0 saturated carbocycles. The topological polar surface area (TPSA) is 58.5 Å². The number of ketones is 1. The van der Waals surface area contributed by atoms with E-state index in [1.807, 2.05) is 62.4 Å². The monoisotopic (exact) mass is 334 g/mol. The summed E-state index contributed by atoms with van der Waals surface area (Å²) in [6.07, 6.45) is 0.863. The molecule has 1 N–H and O–H groups in total.